The van der Waals surface area contributed by atoms with Crippen LogP contribution in [0.4, 0.5) is 0 Å². The Balaban J connectivity index is 2.47. The molecular weight excluding hydrogens is 392 g/mol. The van der Waals surface area contributed by atoms with Crippen molar-refractivity contribution < 1.29 is 24.2 Å². The predicted molar refractivity (Wildman–Crippen MR) is 97.2 cm³/mol. The van der Waals surface area contributed by atoms with Gasteiger partial charge >= 0.3 is 11.6 Å². The van der Waals surface area contributed by atoms with Gasteiger partial charge in [-0.2, -0.15) is 0 Å². The predicted octanol–water partition coefficient (Wildman–Crippen LogP) is 3.59. The first kappa shape index (κ1) is 19.5. The third-order valence-corrected chi connectivity index (χ3v) is 4.39. The van der Waals surface area contributed by atoms with Gasteiger partial charge in [0.05, 0.1) is 17.7 Å². The van der Waals surface area contributed by atoms with Crippen LogP contribution in [0.25, 0.3) is 11.0 Å². The van der Waals surface area contributed by atoms with E-state index in [-0.39, 0.29) is 19.6 Å². The molecule has 1 heterocycles. The van der Waals surface area contributed by atoms with Crippen LogP contribution in [0.1, 0.15) is 44.7 Å². The molecule has 136 valence electrons. The zero-order valence-electron chi connectivity index (χ0n) is 14.4. The lowest BCUT2D eigenvalue weighted by molar-refractivity contribution is -0.137. The first-order chi connectivity index (χ1) is 11.6. The molecule has 6 nitrogen and oxygen atoms in total. The van der Waals surface area contributed by atoms with Crippen LogP contribution < -0.4 is 10.4 Å². The van der Waals surface area contributed by atoms with Crippen molar-refractivity contribution in [2.45, 2.75) is 45.6 Å². The van der Waals surface area contributed by atoms with Crippen molar-refractivity contribution >= 4 is 32.9 Å². The number of halogens is 1. The third kappa shape index (κ3) is 4.41. The van der Waals surface area contributed by atoms with Gasteiger partial charge < -0.3 is 19.4 Å². The molecule has 0 aliphatic rings. The van der Waals surface area contributed by atoms with E-state index >= 15 is 0 Å². The van der Waals surface area contributed by atoms with Crippen LogP contribution in [0, 0.1) is 0 Å². The number of carbonyl (C=O) groups is 1. The Morgan fingerprint density at radius 3 is 2.56 bits per heavy atom. The van der Waals surface area contributed by atoms with Gasteiger partial charge in [0.15, 0.2) is 0 Å². The molecule has 2 rings (SSSR count). The van der Waals surface area contributed by atoms with Gasteiger partial charge in [0, 0.05) is 23.4 Å². The molecule has 0 aliphatic carbocycles. The van der Waals surface area contributed by atoms with Crippen LogP contribution >= 0.6 is 15.9 Å². The quantitative estimate of drug-likeness (QED) is 0.555. The van der Waals surface area contributed by atoms with Crippen LogP contribution in [-0.4, -0.2) is 22.8 Å². The molecule has 0 atom stereocenters. The van der Waals surface area contributed by atoms with Gasteiger partial charge in [0.1, 0.15) is 11.3 Å². The van der Waals surface area contributed by atoms with Crippen molar-refractivity contribution in [3.63, 3.8) is 0 Å². The summed E-state index contributed by atoms with van der Waals surface area (Å²) >= 11 is 3.41. The summed E-state index contributed by atoms with van der Waals surface area (Å²) in [6.07, 6.45) is 0.387. The van der Waals surface area contributed by atoms with Gasteiger partial charge in [0.25, 0.3) is 0 Å². The molecule has 0 radical (unpaired) electrons. The van der Waals surface area contributed by atoms with Crippen molar-refractivity contribution in [2.24, 2.45) is 0 Å². The SMILES string of the molecule is CC(C)(C)c1c(CO)c2cc(Br)c(OCCCC(=O)O)cc2oc1=O. The normalized spacial score (nSPS) is 11.7. The molecule has 0 aliphatic heterocycles. The maximum absolute atomic E-state index is 12.4. The highest BCUT2D eigenvalue weighted by molar-refractivity contribution is 9.10. The molecule has 0 spiro atoms. The maximum Gasteiger partial charge on any atom is 0.340 e. The Kier molecular flexibility index (Phi) is 5.90. The molecule has 0 saturated carbocycles. The highest BCUT2D eigenvalue weighted by atomic mass is 79.9. The summed E-state index contributed by atoms with van der Waals surface area (Å²) in [4.78, 5) is 22.9. The molecule has 0 fully saturated rings. The highest BCUT2D eigenvalue weighted by Crippen LogP contribution is 2.35. The summed E-state index contributed by atoms with van der Waals surface area (Å²) in [7, 11) is 0. The number of rotatable bonds is 6. The zero-order valence-corrected chi connectivity index (χ0v) is 16.0. The lowest BCUT2D eigenvalue weighted by Crippen LogP contribution is -2.25. The fraction of sp³-hybridized carbons (Fsp3) is 0.444. The monoisotopic (exact) mass is 412 g/mol. The number of benzene rings is 1. The smallest absolute Gasteiger partial charge is 0.340 e. The second-order valence-electron chi connectivity index (χ2n) is 6.78. The fourth-order valence-electron chi connectivity index (χ4n) is 2.70. The molecular formula is C18H21BrO6. The van der Waals surface area contributed by atoms with Crippen LogP contribution in [0.2, 0.25) is 0 Å². The molecule has 0 bridgehead atoms. The molecule has 2 aromatic rings. The molecule has 1 aromatic carbocycles. The van der Waals surface area contributed by atoms with Gasteiger partial charge in [-0.15, -0.1) is 0 Å². The lowest BCUT2D eigenvalue weighted by atomic mass is 9.84. The number of hydrogen-bond donors (Lipinski definition) is 2. The summed E-state index contributed by atoms with van der Waals surface area (Å²) in [5, 5.41) is 19.1. The van der Waals surface area contributed by atoms with E-state index in [0.29, 0.717) is 38.7 Å². The van der Waals surface area contributed by atoms with Crippen LogP contribution in [-0.2, 0) is 16.8 Å². The molecule has 1 aromatic heterocycles. The average molecular weight is 413 g/mol. The van der Waals surface area contributed by atoms with E-state index in [9.17, 15) is 14.7 Å². The van der Waals surface area contributed by atoms with Gasteiger partial charge in [0.2, 0.25) is 0 Å². The summed E-state index contributed by atoms with van der Waals surface area (Å²) < 4.78 is 11.6. The number of aliphatic hydroxyl groups excluding tert-OH is 1. The Bertz CT molecular complexity index is 847. The van der Waals surface area contributed by atoms with Crippen molar-refractivity contribution in [2.75, 3.05) is 6.61 Å². The Hall–Kier alpha value is -1.86. The molecule has 2 N–H and O–H groups in total. The number of carboxylic acids is 1. The van der Waals surface area contributed by atoms with Crippen molar-refractivity contribution in [1.29, 1.82) is 0 Å². The van der Waals surface area contributed by atoms with E-state index in [1.165, 1.54) is 0 Å². The zero-order chi connectivity index (χ0) is 18.8. The van der Waals surface area contributed by atoms with Gasteiger partial charge in [-0.25, -0.2) is 4.79 Å². The number of carboxylic acid groups (broad SMARTS) is 1. The van der Waals surface area contributed by atoms with Gasteiger partial charge in [-0.3, -0.25) is 4.79 Å². The van der Waals surface area contributed by atoms with Crippen molar-refractivity contribution in [3.05, 3.63) is 38.2 Å². The van der Waals surface area contributed by atoms with E-state index in [2.05, 4.69) is 15.9 Å². The first-order valence-corrected chi connectivity index (χ1v) is 8.69. The minimum absolute atomic E-state index is 0.0177. The minimum Gasteiger partial charge on any atom is -0.492 e. The van der Waals surface area contributed by atoms with Crippen LogP contribution in [0.15, 0.2) is 25.8 Å². The topological polar surface area (TPSA) is 97.0 Å². The number of aliphatic hydroxyl groups is 1. The maximum atomic E-state index is 12.4. The summed E-state index contributed by atoms with van der Waals surface area (Å²) in [5.74, 6) is -0.428. The standard InChI is InChI=1S/C18H21BrO6/c1-18(2,3)16-11(9-20)10-7-12(19)14(8-13(10)25-17(16)23)24-6-4-5-15(21)22/h7-8,20H,4-6,9H2,1-3H3,(H,21,22). The summed E-state index contributed by atoms with van der Waals surface area (Å²) in [5.41, 5.74) is 0.355. The second kappa shape index (κ2) is 7.58. The van der Waals surface area contributed by atoms with Crippen LogP contribution in [0.5, 0.6) is 5.75 Å². The van der Waals surface area contributed by atoms with Gasteiger partial charge in [-0.05, 0) is 39.4 Å². The Morgan fingerprint density at radius 1 is 1.32 bits per heavy atom. The van der Waals surface area contributed by atoms with Gasteiger partial charge in [-0.1, -0.05) is 20.8 Å². The van der Waals surface area contributed by atoms with Crippen molar-refractivity contribution in [3.8, 4) is 5.75 Å². The molecule has 7 heteroatoms. The molecule has 0 saturated heterocycles. The third-order valence-electron chi connectivity index (χ3n) is 3.77. The minimum atomic E-state index is -0.880. The summed E-state index contributed by atoms with van der Waals surface area (Å²) in [6.45, 7) is 5.62. The Labute approximate surface area is 153 Å². The molecule has 0 unspecified atom stereocenters. The number of ether oxygens (including phenoxy) is 1. The number of fused-ring (bicyclic) bond motifs is 1. The number of aliphatic carboxylic acids is 1. The molecule has 0 amide bonds. The molecule has 25 heavy (non-hydrogen) atoms. The highest BCUT2D eigenvalue weighted by Gasteiger charge is 2.25. The first-order valence-electron chi connectivity index (χ1n) is 7.90. The average Bonchev–Trinajstić information content (AvgIpc) is 2.49. The van der Waals surface area contributed by atoms with Crippen molar-refractivity contribution in [1.82, 2.24) is 0 Å². The van der Waals surface area contributed by atoms with E-state index in [1.807, 2.05) is 20.8 Å². The number of hydrogen-bond acceptors (Lipinski definition) is 5. The second-order valence-corrected chi connectivity index (χ2v) is 7.63. The largest absolute Gasteiger partial charge is 0.492 e. The van der Waals surface area contributed by atoms with Crippen LogP contribution in [0.3, 0.4) is 0 Å². The van der Waals surface area contributed by atoms with E-state index in [1.54, 1.807) is 12.1 Å². The Morgan fingerprint density at radius 2 is 2.00 bits per heavy atom. The van der Waals surface area contributed by atoms with E-state index in [4.69, 9.17) is 14.3 Å². The van der Waals surface area contributed by atoms with E-state index in [0.717, 1.165) is 0 Å². The summed E-state index contributed by atoms with van der Waals surface area (Å²) in [6, 6.07) is 3.32. The fourth-order valence-corrected chi connectivity index (χ4v) is 3.16. The van der Waals surface area contributed by atoms with E-state index < -0.39 is 17.0 Å². The lowest BCUT2D eigenvalue weighted by Gasteiger charge is -2.21.